The maximum Gasteiger partial charge on any atom is 0.207 e. The molecule has 7 heteroatoms. The van der Waals surface area contributed by atoms with E-state index in [4.69, 9.17) is 24.4 Å². The molecule has 1 saturated carbocycles. The molecule has 0 aromatic heterocycles. The van der Waals surface area contributed by atoms with E-state index in [9.17, 15) is 0 Å². The Morgan fingerprint density at radius 1 is 1.11 bits per heavy atom. The van der Waals surface area contributed by atoms with Gasteiger partial charge in [0.2, 0.25) is 5.90 Å². The van der Waals surface area contributed by atoms with Crippen LogP contribution >= 0.6 is 12.0 Å². The van der Waals surface area contributed by atoms with Gasteiger partial charge in [0.05, 0.1) is 41.2 Å². The molecule has 1 aromatic carbocycles. The molecule has 2 aliphatic rings. The zero-order valence-corrected chi connectivity index (χ0v) is 24.7. The first-order valence-electron chi connectivity index (χ1n) is 13.8. The molecule has 6 nitrogen and oxygen atoms in total. The lowest BCUT2D eigenvalue weighted by Gasteiger charge is -2.29. The molecule has 36 heavy (non-hydrogen) atoms. The number of likely N-dealkylation sites (tertiary alicyclic amines) is 1. The van der Waals surface area contributed by atoms with Gasteiger partial charge in [0.15, 0.2) is 0 Å². The number of hydrogen-bond acceptors (Lipinski definition) is 7. The van der Waals surface area contributed by atoms with Crippen molar-refractivity contribution in [3.8, 4) is 0 Å². The Hall–Kier alpha value is -1.12. The van der Waals surface area contributed by atoms with Crippen molar-refractivity contribution < 1.29 is 13.7 Å². The van der Waals surface area contributed by atoms with Crippen LogP contribution < -0.4 is 5.73 Å². The van der Waals surface area contributed by atoms with Crippen LogP contribution in [0.4, 0.5) is 0 Å². The second kappa shape index (κ2) is 13.1. The molecule has 1 saturated heterocycles. The number of hydrogen-bond donors (Lipinski definition) is 1. The first-order chi connectivity index (χ1) is 17.1. The maximum atomic E-state index is 6.71. The van der Waals surface area contributed by atoms with Gasteiger partial charge in [0.1, 0.15) is 0 Å². The maximum absolute atomic E-state index is 6.71. The second-order valence-electron chi connectivity index (χ2n) is 11.4. The predicted octanol–water partition coefficient (Wildman–Crippen LogP) is 5.95. The van der Waals surface area contributed by atoms with Crippen molar-refractivity contribution in [2.24, 2.45) is 16.6 Å². The van der Waals surface area contributed by atoms with Gasteiger partial charge in [-0.1, -0.05) is 53.7 Å². The molecule has 0 radical (unpaired) electrons. The number of rotatable bonds is 10. The third-order valence-corrected chi connectivity index (χ3v) is 8.47. The molecule has 2 fully saturated rings. The third kappa shape index (κ3) is 6.84. The van der Waals surface area contributed by atoms with Gasteiger partial charge in [-0.25, -0.2) is 0 Å². The van der Waals surface area contributed by atoms with E-state index in [1.54, 1.807) is 7.11 Å². The molecule has 3 rings (SSSR count). The van der Waals surface area contributed by atoms with Gasteiger partial charge in [0.25, 0.3) is 0 Å². The first kappa shape index (κ1) is 29.4. The highest BCUT2D eigenvalue weighted by Gasteiger charge is 2.48. The average Bonchev–Trinajstić information content (AvgIpc) is 3.37. The van der Waals surface area contributed by atoms with Crippen molar-refractivity contribution in [2.75, 3.05) is 33.8 Å². The Bertz CT molecular complexity index is 860. The van der Waals surface area contributed by atoms with Gasteiger partial charge in [-0.2, -0.15) is 0 Å². The minimum atomic E-state index is -0.162. The zero-order valence-electron chi connectivity index (χ0n) is 23.9. The summed E-state index contributed by atoms with van der Waals surface area (Å²) in [5.74, 6) is 1.81. The van der Waals surface area contributed by atoms with Crippen molar-refractivity contribution >= 4 is 17.9 Å². The highest BCUT2D eigenvalue weighted by Crippen LogP contribution is 2.41. The number of likely N-dealkylation sites (N-methyl/N-ethyl adjacent to an activating group) is 1. The van der Waals surface area contributed by atoms with Crippen molar-refractivity contribution in [3.05, 3.63) is 28.8 Å². The lowest BCUT2D eigenvalue weighted by Crippen LogP contribution is -2.42. The zero-order chi connectivity index (χ0) is 26.6. The van der Waals surface area contributed by atoms with E-state index in [0.717, 1.165) is 25.9 Å². The van der Waals surface area contributed by atoms with Crippen LogP contribution in [0.3, 0.4) is 0 Å². The second-order valence-corrected chi connectivity index (χ2v) is 12.2. The Morgan fingerprint density at radius 3 is 2.22 bits per heavy atom. The SMILES string of the molecule is CC/N=C(/OSc1c(C(C)C)cc(C(C)C)cc1C(C)C)C1C(N)CC(OC)C1O[C@H]1CCN(C)C1. The molecular weight excluding hydrogens is 470 g/mol. The number of nitrogens with zero attached hydrogens (tertiary/aromatic N) is 2. The molecule has 0 spiro atoms. The number of nitrogens with two attached hydrogens (primary N) is 1. The van der Waals surface area contributed by atoms with Crippen LogP contribution in [0.2, 0.25) is 0 Å². The van der Waals surface area contributed by atoms with Gasteiger partial charge in [-0.3, -0.25) is 4.99 Å². The molecule has 1 aliphatic heterocycles. The summed E-state index contributed by atoms with van der Waals surface area (Å²) in [5.41, 5.74) is 10.7. The lowest BCUT2D eigenvalue weighted by atomic mass is 9.89. The Labute approximate surface area is 223 Å². The van der Waals surface area contributed by atoms with Gasteiger partial charge in [-0.05, 0) is 61.3 Å². The van der Waals surface area contributed by atoms with Crippen molar-refractivity contribution in [2.45, 2.75) is 108 Å². The van der Waals surface area contributed by atoms with Crippen molar-refractivity contribution in [3.63, 3.8) is 0 Å². The van der Waals surface area contributed by atoms with E-state index in [0.29, 0.717) is 30.2 Å². The van der Waals surface area contributed by atoms with E-state index >= 15 is 0 Å². The van der Waals surface area contributed by atoms with Crippen LogP contribution in [0.25, 0.3) is 0 Å². The summed E-state index contributed by atoms with van der Waals surface area (Å²) < 4.78 is 19.1. The summed E-state index contributed by atoms with van der Waals surface area (Å²) in [4.78, 5) is 8.34. The summed E-state index contributed by atoms with van der Waals surface area (Å²) in [6, 6.07) is 4.59. The highest BCUT2D eigenvalue weighted by atomic mass is 32.2. The molecule has 0 amide bonds. The summed E-state index contributed by atoms with van der Waals surface area (Å²) in [7, 11) is 3.89. The van der Waals surface area contributed by atoms with Crippen LogP contribution in [0.15, 0.2) is 22.0 Å². The normalized spacial score (nSPS) is 27.7. The monoisotopic (exact) mass is 519 g/mol. The summed E-state index contributed by atoms with van der Waals surface area (Å²) in [6.45, 7) is 18.2. The smallest absolute Gasteiger partial charge is 0.207 e. The number of ether oxygens (including phenoxy) is 2. The average molecular weight is 520 g/mol. The fourth-order valence-electron chi connectivity index (χ4n) is 5.39. The fourth-order valence-corrected chi connectivity index (χ4v) is 6.51. The minimum Gasteiger partial charge on any atom is -0.405 e. The minimum absolute atomic E-state index is 0.0608. The van der Waals surface area contributed by atoms with E-state index in [1.807, 2.05) is 6.92 Å². The predicted molar refractivity (Wildman–Crippen MR) is 151 cm³/mol. The summed E-state index contributed by atoms with van der Waals surface area (Å²) >= 11 is 1.45. The topological polar surface area (TPSA) is 69.3 Å². The molecule has 2 N–H and O–H groups in total. The molecule has 1 aromatic rings. The standard InChI is InChI=1S/C29H49N3O3S/c1-10-31-29(26-24(30)15-25(33-9)27(26)34-21-11-12-32(8)16-21)35-36-28-22(18(4)5)13-20(17(2)3)14-23(28)19(6)7/h13-14,17-19,21,24-27H,10-12,15-16,30H2,1-9H3/b31-29+/t21-,24?,25?,26?,27?/m0/s1. The van der Waals surface area contributed by atoms with Crippen molar-refractivity contribution in [1.82, 2.24) is 4.90 Å². The van der Waals surface area contributed by atoms with Crippen LogP contribution in [0.1, 0.15) is 95.8 Å². The Kier molecular flexibility index (Phi) is 10.7. The fraction of sp³-hybridized carbons (Fsp3) is 0.759. The van der Waals surface area contributed by atoms with Crippen LogP contribution in [0.5, 0.6) is 0 Å². The van der Waals surface area contributed by atoms with Crippen molar-refractivity contribution in [1.29, 1.82) is 0 Å². The van der Waals surface area contributed by atoms with E-state index in [2.05, 4.69) is 65.6 Å². The molecule has 1 aliphatic carbocycles. The molecular formula is C29H49N3O3S. The number of benzene rings is 1. The molecule has 4 unspecified atom stereocenters. The lowest BCUT2D eigenvalue weighted by molar-refractivity contribution is -0.0801. The van der Waals surface area contributed by atoms with Gasteiger partial charge >= 0.3 is 0 Å². The van der Waals surface area contributed by atoms with Crippen LogP contribution in [-0.2, 0) is 13.7 Å². The van der Waals surface area contributed by atoms with Gasteiger partial charge < -0.3 is 24.3 Å². The quantitative estimate of drug-likeness (QED) is 0.234. The third-order valence-electron chi connectivity index (χ3n) is 7.58. The van der Waals surface area contributed by atoms with Crippen LogP contribution in [0, 0.1) is 5.92 Å². The molecule has 5 atom stereocenters. The molecule has 1 heterocycles. The first-order valence-corrected chi connectivity index (χ1v) is 14.5. The van der Waals surface area contributed by atoms with Gasteiger partial charge in [0, 0.05) is 32.8 Å². The summed E-state index contributed by atoms with van der Waals surface area (Å²) in [5, 5.41) is 0. The van der Waals surface area contributed by atoms with E-state index in [-0.39, 0.29) is 30.3 Å². The van der Waals surface area contributed by atoms with Crippen LogP contribution in [-0.4, -0.2) is 68.9 Å². The Balaban J connectivity index is 1.91. The number of methoxy groups -OCH3 is 1. The molecule has 204 valence electrons. The number of aliphatic imine (C=N–C) groups is 1. The summed E-state index contributed by atoms with van der Waals surface area (Å²) in [6.07, 6.45) is 1.73. The van der Waals surface area contributed by atoms with E-state index in [1.165, 1.54) is 33.6 Å². The largest absolute Gasteiger partial charge is 0.405 e. The van der Waals surface area contributed by atoms with Gasteiger partial charge in [-0.15, -0.1) is 0 Å². The molecule has 0 bridgehead atoms. The Morgan fingerprint density at radius 2 is 1.75 bits per heavy atom. The van der Waals surface area contributed by atoms with E-state index < -0.39 is 0 Å². The highest BCUT2D eigenvalue weighted by molar-refractivity contribution is 7.95.